The number of benzene rings is 2. The fourth-order valence-electron chi connectivity index (χ4n) is 4.94. The Hall–Kier alpha value is -2.53. The summed E-state index contributed by atoms with van der Waals surface area (Å²) in [6.07, 6.45) is 6.43. The van der Waals surface area contributed by atoms with Crippen LogP contribution in [0.15, 0.2) is 48.5 Å². The fraction of sp³-hybridized carbons (Fsp3) is 0.480. The molecule has 0 radical (unpaired) electrons. The van der Waals surface area contributed by atoms with Gasteiger partial charge in [0.1, 0.15) is 11.5 Å². The molecule has 5 nitrogen and oxygen atoms in total. The highest BCUT2D eigenvalue weighted by molar-refractivity contribution is 5.78. The van der Waals surface area contributed by atoms with Gasteiger partial charge in [-0.05, 0) is 74.2 Å². The molecule has 0 bridgehead atoms. The average molecular weight is 409 g/mol. The van der Waals surface area contributed by atoms with Gasteiger partial charge in [-0.25, -0.2) is 0 Å². The molecular weight excluding hydrogens is 376 g/mol. The Morgan fingerprint density at radius 3 is 2.23 bits per heavy atom. The lowest BCUT2D eigenvalue weighted by Gasteiger charge is -2.40. The number of likely N-dealkylation sites (tertiary alicyclic amines) is 2. The topological polar surface area (TPSA) is 64.0 Å². The maximum Gasteiger partial charge on any atom is 0.223 e. The van der Waals surface area contributed by atoms with E-state index in [9.17, 15) is 15.0 Å². The summed E-state index contributed by atoms with van der Waals surface area (Å²) in [5, 5.41) is 19.6. The zero-order valence-corrected chi connectivity index (χ0v) is 17.5. The lowest BCUT2D eigenvalue weighted by atomic mass is 9.87. The van der Waals surface area contributed by atoms with Crippen LogP contribution in [0.1, 0.15) is 55.6 Å². The number of rotatable bonds is 5. The molecule has 1 amide bonds. The Morgan fingerprint density at radius 2 is 1.57 bits per heavy atom. The molecule has 0 aliphatic carbocycles. The number of amides is 1. The van der Waals surface area contributed by atoms with E-state index in [1.165, 1.54) is 32.4 Å². The zero-order chi connectivity index (χ0) is 20.9. The van der Waals surface area contributed by atoms with Crippen LogP contribution in [0.3, 0.4) is 0 Å². The van der Waals surface area contributed by atoms with Gasteiger partial charge < -0.3 is 20.0 Å². The molecule has 160 valence electrons. The number of nitrogens with zero attached hydrogens (tertiary/aromatic N) is 2. The summed E-state index contributed by atoms with van der Waals surface area (Å²) in [5.41, 5.74) is 1.88. The minimum Gasteiger partial charge on any atom is -0.508 e. The van der Waals surface area contributed by atoms with E-state index in [4.69, 9.17) is 0 Å². The summed E-state index contributed by atoms with van der Waals surface area (Å²) in [7, 11) is 0. The highest BCUT2D eigenvalue weighted by Gasteiger charge is 2.29. The molecule has 2 aliphatic heterocycles. The standard InChI is InChI=1S/C25H32N2O3/c28-22-9-7-19(8-10-22)24(20-5-4-6-23(29)17-20)18-25(30)27-15-11-21(12-16-27)26-13-2-1-3-14-26/h4-10,17,21,24,28-29H,1-3,11-16,18H2/t24-/m0/s1. The summed E-state index contributed by atoms with van der Waals surface area (Å²) in [4.78, 5) is 17.8. The molecule has 2 heterocycles. The maximum absolute atomic E-state index is 13.2. The first kappa shape index (κ1) is 20.7. The minimum absolute atomic E-state index is 0.148. The number of hydrogen-bond donors (Lipinski definition) is 2. The first-order valence-corrected chi connectivity index (χ1v) is 11.2. The smallest absolute Gasteiger partial charge is 0.223 e. The Kier molecular flexibility index (Phi) is 6.58. The SMILES string of the molecule is O=C(C[C@@H](c1ccc(O)cc1)c1cccc(O)c1)N1CCC(N2CCCCC2)CC1. The van der Waals surface area contributed by atoms with Crippen molar-refractivity contribution in [2.45, 2.75) is 50.5 Å². The van der Waals surface area contributed by atoms with Gasteiger partial charge in [0, 0.05) is 31.5 Å². The normalized spacial score (nSPS) is 19.5. The van der Waals surface area contributed by atoms with Crippen LogP contribution in [0.5, 0.6) is 11.5 Å². The maximum atomic E-state index is 13.2. The molecule has 2 aromatic rings. The van der Waals surface area contributed by atoms with E-state index in [1.54, 1.807) is 24.3 Å². The van der Waals surface area contributed by atoms with Crippen LogP contribution in [0.4, 0.5) is 0 Å². The van der Waals surface area contributed by atoms with Crippen molar-refractivity contribution in [3.8, 4) is 11.5 Å². The molecule has 2 fully saturated rings. The number of hydrogen-bond acceptors (Lipinski definition) is 4. The summed E-state index contributed by atoms with van der Waals surface area (Å²) >= 11 is 0. The molecule has 0 spiro atoms. The van der Waals surface area contributed by atoms with E-state index in [-0.39, 0.29) is 23.3 Å². The van der Waals surface area contributed by atoms with Crippen molar-refractivity contribution in [3.63, 3.8) is 0 Å². The van der Waals surface area contributed by atoms with Crippen LogP contribution in [0.25, 0.3) is 0 Å². The van der Waals surface area contributed by atoms with Gasteiger partial charge in [0.05, 0.1) is 0 Å². The molecule has 0 unspecified atom stereocenters. The Morgan fingerprint density at radius 1 is 0.867 bits per heavy atom. The molecule has 0 aromatic heterocycles. The number of piperidine rings is 2. The van der Waals surface area contributed by atoms with Gasteiger partial charge in [-0.15, -0.1) is 0 Å². The third kappa shape index (κ3) is 4.96. The van der Waals surface area contributed by atoms with Crippen LogP contribution in [-0.2, 0) is 4.79 Å². The minimum atomic E-state index is -0.148. The van der Waals surface area contributed by atoms with Gasteiger partial charge in [0.15, 0.2) is 0 Å². The Balaban J connectivity index is 1.43. The van der Waals surface area contributed by atoms with Crippen LogP contribution in [-0.4, -0.2) is 58.1 Å². The first-order valence-electron chi connectivity index (χ1n) is 11.2. The molecule has 2 N–H and O–H groups in total. The average Bonchev–Trinajstić information content (AvgIpc) is 2.79. The molecular formula is C25H32N2O3. The number of carbonyl (C=O) groups excluding carboxylic acids is 1. The molecule has 0 saturated carbocycles. The summed E-state index contributed by atoms with van der Waals surface area (Å²) in [5.74, 6) is 0.420. The van der Waals surface area contributed by atoms with Crippen molar-refractivity contribution < 1.29 is 15.0 Å². The summed E-state index contributed by atoms with van der Waals surface area (Å²) in [6.45, 7) is 4.06. The van der Waals surface area contributed by atoms with E-state index in [0.29, 0.717) is 12.5 Å². The van der Waals surface area contributed by atoms with Gasteiger partial charge in [-0.3, -0.25) is 4.79 Å². The third-order valence-corrected chi connectivity index (χ3v) is 6.67. The molecule has 2 aromatic carbocycles. The van der Waals surface area contributed by atoms with E-state index >= 15 is 0 Å². The monoisotopic (exact) mass is 408 g/mol. The lowest BCUT2D eigenvalue weighted by Crippen LogP contribution is -2.48. The Bertz CT molecular complexity index is 838. The molecule has 2 saturated heterocycles. The van der Waals surface area contributed by atoms with Gasteiger partial charge in [-0.2, -0.15) is 0 Å². The predicted octanol–water partition coefficient (Wildman–Crippen LogP) is 4.10. The van der Waals surface area contributed by atoms with Crippen LogP contribution < -0.4 is 0 Å². The van der Waals surface area contributed by atoms with Gasteiger partial charge >= 0.3 is 0 Å². The summed E-state index contributed by atoms with van der Waals surface area (Å²) < 4.78 is 0. The largest absolute Gasteiger partial charge is 0.508 e. The van der Waals surface area contributed by atoms with Crippen molar-refractivity contribution in [3.05, 3.63) is 59.7 Å². The van der Waals surface area contributed by atoms with Gasteiger partial charge in [0.2, 0.25) is 5.91 Å². The highest BCUT2D eigenvalue weighted by Crippen LogP contribution is 2.32. The quantitative estimate of drug-likeness (QED) is 0.782. The number of phenols is 2. The van der Waals surface area contributed by atoms with Crippen molar-refractivity contribution >= 4 is 5.91 Å². The second-order valence-electron chi connectivity index (χ2n) is 8.65. The van der Waals surface area contributed by atoms with E-state index in [2.05, 4.69) is 4.90 Å². The van der Waals surface area contributed by atoms with Gasteiger partial charge in [-0.1, -0.05) is 30.7 Å². The second kappa shape index (κ2) is 9.52. The second-order valence-corrected chi connectivity index (χ2v) is 8.65. The van der Waals surface area contributed by atoms with Crippen LogP contribution in [0.2, 0.25) is 0 Å². The number of aromatic hydroxyl groups is 2. The summed E-state index contributed by atoms with van der Waals surface area (Å²) in [6, 6.07) is 14.8. The van der Waals surface area contributed by atoms with Crippen molar-refractivity contribution in [2.75, 3.05) is 26.2 Å². The van der Waals surface area contributed by atoms with E-state index in [0.717, 1.165) is 37.1 Å². The Labute approximate surface area is 178 Å². The van der Waals surface area contributed by atoms with Crippen LogP contribution >= 0.6 is 0 Å². The lowest BCUT2D eigenvalue weighted by molar-refractivity contribution is -0.133. The van der Waals surface area contributed by atoms with Crippen molar-refractivity contribution in [1.29, 1.82) is 0 Å². The number of carbonyl (C=O) groups is 1. The van der Waals surface area contributed by atoms with Crippen molar-refractivity contribution in [2.24, 2.45) is 0 Å². The fourth-order valence-corrected chi connectivity index (χ4v) is 4.94. The van der Waals surface area contributed by atoms with E-state index in [1.807, 2.05) is 29.2 Å². The molecule has 4 rings (SSSR count). The highest BCUT2D eigenvalue weighted by atomic mass is 16.3. The van der Waals surface area contributed by atoms with E-state index < -0.39 is 0 Å². The molecule has 5 heteroatoms. The van der Waals surface area contributed by atoms with Crippen LogP contribution in [0, 0.1) is 0 Å². The molecule has 30 heavy (non-hydrogen) atoms. The first-order chi connectivity index (χ1) is 14.6. The molecule has 2 aliphatic rings. The predicted molar refractivity (Wildman–Crippen MR) is 118 cm³/mol. The zero-order valence-electron chi connectivity index (χ0n) is 17.5. The number of phenolic OH excluding ortho intramolecular Hbond substituents is 2. The van der Waals surface area contributed by atoms with Crippen molar-refractivity contribution in [1.82, 2.24) is 9.80 Å². The van der Waals surface area contributed by atoms with Gasteiger partial charge in [0.25, 0.3) is 0 Å². The third-order valence-electron chi connectivity index (χ3n) is 6.67. The molecule has 1 atom stereocenters.